The third-order valence-corrected chi connectivity index (χ3v) is 3.05. The number of ether oxygens (including phenoxy) is 1. The highest BCUT2D eigenvalue weighted by Gasteiger charge is 2.17. The molecule has 0 heterocycles. The number of hydrogen-bond donors (Lipinski definition) is 1. The highest BCUT2D eigenvalue weighted by molar-refractivity contribution is 6.12. The Kier molecular flexibility index (Phi) is 5.16. The van der Waals surface area contributed by atoms with Gasteiger partial charge in [-0.05, 0) is 32.9 Å². The fourth-order valence-electron chi connectivity index (χ4n) is 2.13. The molecule has 4 nitrogen and oxygen atoms in total. The third-order valence-electron chi connectivity index (χ3n) is 3.05. The van der Waals surface area contributed by atoms with Crippen molar-refractivity contribution >= 4 is 17.4 Å². The molecule has 0 saturated heterocycles. The Hall–Kier alpha value is -2.62. The van der Waals surface area contributed by atoms with Gasteiger partial charge in [-0.1, -0.05) is 42.5 Å². The van der Waals surface area contributed by atoms with Crippen molar-refractivity contribution in [3.05, 3.63) is 65.7 Å². The Morgan fingerprint density at radius 2 is 1.57 bits per heavy atom. The molecule has 0 fully saturated rings. The monoisotopic (exact) mass is 311 g/mol. The fourth-order valence-corrected chi connectivity index (χ4v) is 2.13. The van der Waals surface area contributed by atoms with E-state index in [2.05, 4.69) is 5.32 Å². The molecule has 2 aromatic rings. The van der Waals surface area contributed by atoms with Gasteiger partial charge in [0, 0.05) is 16.8 Å². The molecular weight excluding hydrogens is 290 g/mol. The van der Waals surface area contributed by atoms with Crippen molar-refractivity contribution in [3.8, 4) is 0 Å². The number of esters is 1. The molecule has 1 N–H and O–H groups in total. The lowest BCUT2D eigenvalue weighted by Gasteiger charge is -2.20. The summed E-state index contributed by atoms with van der Waals surface area (Å²) in [4.78, 5) is 24.4. The van der Waals surface area contributed by atoms with E-state index in [0.717, 1.165) is 0 Å². The molecule has 0 amide bonds. The van der Waals surface area contributed by atoms with E-state index in [1.165, 1.54) is 0 Å². The van der Waals surface area contributed by atoms with Gasteiger partial charge < -0.3 is 10.1 Å². The van der Waals surface area contributed by atoms with Crippen LogP contribution in [-0.4, -0.2) is 23.9 Å². The van der Waals surface area contributed by atoms with Crippen LogP contribution < -0.4 is 5.32 Å². The maximum Gasteiger partial charge on any atom is 0.325 e. The molecule has 0 radical (unpaired) electrons. The van der Waals surface area contributed by atoms with Crippen molar-refractivity contribution in [3.63, 3.8) is 0 Å². The number of benzene rings is 2. The summed E-state index contributed by atoms with van der Waals surface area (Å²) in [7, 11) is 0. The molecule has 0 atom stereocenters. The van der Waals surface area contributed by atoms with Gasteiger partial charge in [-0.15, -0.1) is 0 Å². The van der Waals surface area contributed by atoms with Gasteiger partial charge in [-0.25, -0.2) is 0 Å². The summed E-state index contributed by atoms with van der Waals surface area (Å²) >= 11 is 0. The van der Waals surface area contributed by atoms with E-state index in [-0.39, 0.29) is 18.3 Å². The first-order valence-corrected chi connectivity index (χ1v) is 7.51. The third kappa shape index (κ3) is 4.95. The maximum atomic E-state index is 12.6. The average molecular weight is 311 g/mol. The minimum atomic E-state index is -0.530. The van der Waals surface area contributed by atoms with Gasteiger partial charge in [0.25, 0.3) is 0 Å². The molecule has 0 aliphatic heterocycles. The SMILES string of the molecule is CC(C)(C)OC(=O)CNc1ccccc1C(=O)c1ccccc1. The van der Waals surface area contributed by atoms with E-state index < -0.39 is 5.60 Å². The van der Waals surface area contributed by atoms with E-state index in [9.17, 15) is 9.59 Å². The van der Waals surface area contributed by atoms with Gasteiger partial charge in [-0.2, -0.15) is 0 Å². The molecule has 0 saturated carbocycles. The maximum absolute atomic E-state index is 12.6. The minimum absolute atomic E-state index is 0.0103. The number of ketones is 1. The fraction of sp³-hybridized carbons (Fsp3) is 0.263. The summed E-state index contributed by atoms with van der Waals surface area (Å²) in [5, 5.41) is 2.99. The van der Waals surface area contributed by atoms with Gasteiger partial charge in [0.05, 0.1) is 0 Å². The number of rotatable bonds is 5. The van der Waals surface area contributed by atoms with E-state index >= 15 is 0 Å². The van der Waals surface area contributed by atoms with Crippen LogP contribution in [0.4, 0.5) is 5.69 Å². The van der Waals surface area contributed by atoms with Crippen LogP contribution in [0.1, 0.15) is 36.7 Å². The number of carbonyl (C=O) groups is 2. The second kappa shape index (κ2) is 7.09. The van der Waals surface area contributed by atoms with Crippen molar-refractivity contribution < 1.29 is 14.3 Å². The highest BCUT2D eigenvalue weighted by Crippen LogP contribution is 2.19. The van der Waals surface area contributed by atoms with Gasteiger partial charge >= 0.3 is 5.97 Å². The number of carbonyl (C=O) groups excluding carboxylic acids is 2. The lowest BCUT2D eigenvalue weighted by Crippen LogP contribution is -2.28. The number of nitrogens with one attached hydrogen (secondary N) is 1. The summed E-state index contributed by atoms with van der Waals surface area (Å²) in [5.41, 5.74) is 1.23. The Morgan fingerprint density at radius 3 is 2.22 bits per heavy atom. The molecule has 4 heteroatoms. The van der Waals surface area contributed by atoms with Gasteiger partial charge in [0.1, 0.15) is 12.1 Å². The van der Waals surface area contributed by atoms with Crippen molar-refractivity contribution in [2.45, 2.75) is 26.4 Å². The summed E-state index contributed by atoms with van der Waals surface area (Å²) in [5.74, 6) is -0.447. The lowest BCUT2D eigenvalue weighted by molar-refractivity contribution is -0.152. The van der Waals surface area contributed by atoms with Crippen LogP contribution in [0.15, 0.2) is 54.6 Å². The Balaban J connectivity index is 2.12. The lowest BCUT2D eigenvalue weighted by atomic mass is 10.0. The van der Waals surface area contributed by atoms with Gasteiger partial charge in [0.2, 0.25) is 0 Å². The van der Waals surface area contributed by atoms with Crippen LogP contribution in [0, 0.1) is 0 Å². The molecule has 0 unspecified atom stereocenters. The smallest absolute Gasteiger partial charge is 0.325 e. The average Bonchev–Trinajstić information content (AvgIpc) is 2.52. The summed E-state index contributed by atoms with van der Waals surface area (Å²) in [6.07, 6.45) is 0. The zero-order valence-electron chi connectivity index (χ0n) is 13.6. The molecule has 120 valence electrons. The summed E-state index contributed by atoms with van der Waals surface area (Å²) < 4.78 is 5.26. The Bertz CT molecular complexity index is 687. The first-order valence-electron chi connectivity index (χ1n) is 7.51. The second-order valence-corrected chi connectivity index (χ2v) is 6.18. The molecular formula is C19H21NO3. The van der Waals surface area contributed by atoms with Crippen LogP contribution in [-0.2, 0) is 9.53 Å². The quantitative estimate of drug-likeness (QED) is 0.676. The molecule has 0 bridgehead atoms. The summed E-state index contributed by atoms with van der Waals surface area (Å²) in [6, 6.07) is 16.2. The van der Waals surface area contributed by atoms with Crippen LogP contribution in [0.5, 0.6) is 0 Å². The first-order chi connectivity index (χ1) is 10.9. The summed E-state index contributed by atoms with van der Waals surface area (Å²) in [6.45, 7) is 5.46. The van der Waals surface area contributed by atoms with Crippen molar-refractivity contribution in [1.82, 2.24) is 0 Å². The number of para-hydroxylation sites is 1. The van der Waals surface area contributed by atoms with Crippen molar-refractivity contribution in [1.29, 1.82) is 0 Å². The molecule has 0 aliphatic rings. The minimum Gasteiger partial charge on any atom is -0.459 e. The molecule has 2 aromatic carbocycles. The van der Waals surface area contributed by atoms with Crippen LogP contribution >= 0.6 is 0 Å². The zero-order valence-corrected chi connectivity index (χ0v) is 13.6. The Morgan fingerprint density at radius 1 is 0.957 bits per heavy atom. The van der Waals surface area contributed by atoms with Crippen molar-refractivity contribution in [2.75, 3.05) is 11.9 Å². The first kappa shape index (κ1) is 16.7. The van der Waals surface area contributed by atoms with E-state index in [4.69, 9.17) is 4.74 Å². The Labute approximate surface area is 136 Å². The molecule has 0 aliphatic carbocycles. The molecule has 0 spiro atoms. The normalized spacial score (nSPS) is 10.9. The topological polar surface area (TPSA) is 55.4 Å². The van der Waals surface area contributed by atoms with Crippen LogP contribution in [0.3, 0.4) is 0 Å². The zero-order chi connectivity index (χ0) is 16.9. The molecule has 23 heavy (non-hydrogen) atoms. The predicted octanol–water partition coefficient (Wildman–Crippen LogP) is 3.67. The highest BCUT2D eigenvalue weighted by atomic mass is 16.6. The standard InChI is InChI=1S/C19H21NO3/c1-19(2,3)23-17(21)13-20-16-12-8-7-11-15(16)18(22)14-9-5-4-6-10-14/h4-12,20H,13H2,1-3H3. The van der Waals surface area contributed by atoms with Crippen LogP contribution in [0.25, 0.3) is 0 Å². The number of anilines is 1. The molecule has 2 rings (SSSR count). The number of hydrogen-bond acceptors (Lipinski definition) is 4. The second-order valence-electron chi connectivity index (χ2n) is 6.18. The molecule has 0 aromatic heterocycles. The van der Waals surface area contributed by atoms with E-state index in [1.54, 1.807) is 30.3 Å². The van der Waals surface area contributed by atoms with E-state index in [1.807, 2.05) is 45.0 Å². The largest absolute Gasteiger partial charge is 0.459 e. The van der Waals surface area contributed by atoms with Gasteiger partial charge in [0.15, 0.2) is 5.78 Å². The predicted molar refractivity (Wildman–Crippen MR) is 90.7 cm³/mol. The van der Waals surface area contributed by atoms with Crippen molar-refractivity contribution in [2.24, 2.45) is 0 Å². The van der Waals surface area contributed by atoms with Gasteiger partial charge in [-0.3, -0.25) is 9.59 Å². The van der Waals surface area contributed by atoms with E-state index in [0.29, 0.717) is 16.8 Å². The van der Waals surface area contributed by atoms with Crippen LogP contribution in [0.2, 0.25) is 0 Å².